The van der Waals surface area contributed by atoms with E-state index in [0.717, 1.165) is 5.56 Å². The number of rotatable bonds is 4. The van der Waals surface area contributed by atoms with E-state index in [0.29, 0.717) is 19.6 Å². The number of hydrogen-bond acceptors (Lipinski definition) is 3. The van der Waals surface area contributed by atoms with Gasteiger partial charge >= 0.3 is 5.51 Å². The molecule has 2 N–H and O–H groups in total. The summed E-state index contributed by atoms with van der Waals surface area (Å²) in [6.07, 6.45) is 0. The van der Waals surface area contributed by atoms with Crippen molar-refractivity contribution >= 4 is 30.1 Å². The zero-order chi connectivity index (χ0) is 15.5. The van der Waals surface area contributed by atoms with Gasteiger partial charge in [-0.3, -0.25) is 4.79 Å². The number of halogens is 4. The molecule has 1 amide bonds. The highest BCUT2D eigenvalue weighted by Crippen LogP contribution is 2.34. The highest BCUT2D eigenvalue weighted by molar-refractivity contribution is 8.00. The second-order valence-electron chi connectivity index (χ2n) is 5.05. The smallest absolute Gasteiger partial charge is 0.341 e. The van der Waals surface area contributed by atoms with Gasteiger partial charge in [0.2, 0.25) is 5.91 Å². The normalized spacial score (nSPS) is 21.5. The number of hydrogen-bond donors (Lipinski definition) is 1. The van der Waals surface area contributed by atoms with Crippen molar-refractivity contribution < 1.29 is 18.0 Å². The summed E-state index contributed by atoms with van der Waals surface area (Å²) in [5, 5.41) is 0. The third-order valence-electron chi connectivity index (χ3n) is 3.68. The number of thioether (sulfide) groups is 1. The molecule has 1 aliphatic heterocycles. The highest BCUT2D eigenvalue weighted by atomic mass is 35.5. The van der Waals surface area contributed by atoms with Crippen molar-refractivity contribution in [2.45, 2.75) is 11.4 Å². The maximum Gasteiger partial charge on any atom is 0.442 e. The van der Waals surface area contributed by atoms with Crippen LogP contribution in [0.15, 0.2) is 30.3 Å². The van der Waals surface area contributed by atoms with Crippen LogP contribution in [0.2, 0.25) is 0 Å². The monoisotopic (exact) mass is 354 g/mol. The molecule has 1 aliphatic rings. The van der Waals surface area contributed by atoms with Crippen molar-refractivity contribution in [1.82, 2.24) is 4.90 Å². The van der Waals surface area contributed by atoms with Crippen LogP contribution in [0.5, 0.6) is 0 Å². The zero-order valence-electron chi connectivity index (χ0n) is 11.8. The van der Waals surface area contributed by atoms with Gasteiger partial charge < -0.3 is 10.6 Å². The molecule has 8 heteroatoms. The lowest BCUT2D eigenvalue weighted by molar-refractivity contribution is -0.127. The zero-order valence-corrected chi connectivity index (χ0v) is 13.4. The summed E-state index contributed by atoms with van der Waals surface area (Å²) in [6, 6.07) is 9.65. The average Bonchev–Trinajstić information content (AvgIpc) is 2.89. The molecule has 1 fully saturated rings. The van der Waals surface area contributed by atoms with Crippen LogP contribution >= 0.6 is 24.2 Å². The molecule has 22 heavy (non-hydrogen) atoms. The molecule has 0 spiro atoms. The van der Waals surface area contributed by atoms with Crippen LogP contribution in [0.25, 0.3) is 0 Å². The van der Waals surface area contributed by atoms with Gasteiger partial charge in [-0.15, -0.1) is 12.4 Å². The second kappa shape index (κ2) is 8.08. The van der Waals surface area contributed by atoms with E-state index < -0.39 is 17.2 Å². The molecular weight excluding hydrogens is 337 g/mol. The van der Waals surface area contributed by atoms with Gasteiger partial charge in [0.15, 0.2) is 0 Å². The van der Waals surface area contributed by atoms with Crippen LogP contribution in [-0.2, 0) is 4.79 Å². The third kappa shape index (κ3) is 5.07. The van der Waals surface area contributed by atoms with E-state index in [2.05, 4.69) is 0 Å². The molecule has 1 aromatic carbocycles. The molecule has 2 atom stereocenters. The molecule has 3 nitrogen and oxygen atoms in total. The molecule has 124 valence electrons. The van der Waals surface area contributed by atoms with Gasteiger partial charge in [-0.1, -0.05) is 30.3 Å². The first-order valence-corrected chi connectivity index (χ1v) is 7.62. The second-order valence-corrected chi connectivity index (χ2v) is 6.09. The maximum atomic E-state index is 12.2. The molecule has 0 bridgehead atoms. The Morgan fingerprint density at radius 2 is 1.91 bits per heavy atom. The number of carbonyl (C=O) groups is 1. The SMILES string of the molecule is Cl.NC[C@@H]1CN(C(=O)CSC(F)(F)F)C[C@H]1c1ccccc1. The standard InChI is InChI=1S/C14H17F3N2OS.ClH/c15-14(16,17)21-9-13(20)19-7-11(6-18)12(8-19)10-4-2-1-3-5-10;/h1-5,11-12H,6-9,18H2;1H/t11-,12+;/m1./s1. The van der Waals surface area contributed by atoms with Gasteiger partial charge in [-0.05, 0) is 29.8 Å². The first-order chi connectivity index (χ1) is 9.90. The number of nitrogens with two attached hydrogens (primary N) is 1. The maximum absolute atomic E-state index is 12.2. The van der Waals surface area contributed by atoms with Crippen molar-refractivity contribution in [2.75, 3.05) is 25.4 Å². The molecular formula is C14H18ClF3N2OS. The predicted molar refractivity (Wildman–Crippen MR) is 84.1 cm³/mol. The lowest BCUT2D eigenvalue weighted by atomic mass is 9.89. The van der Waals surface area contributed by atoms with Gasteiger partial charge in [0.25, 0.3) is 0 Å². The summed E-state index contributed by atoms with van der Waals surface area (Å²) in [5.41, 5.74) is 2.45. The van der Waals surface area contributed by atoms with Crippen LogP contribution < -0.4 is 5.73 Å². The number of amides is 1. The lowest BCUT2D eigenvalue weighted by Crippen LogP contribution is -2.32. The number of benzene rings is 1. The van der Waals surface area contributed by atoms with Crippen molar-refractivity contribution in [3.05, 3.63) is 35.9 Å². The van der Waals surface area contributed by atoms with Gasteiger partial charge in [-0.25, -0.2) is 0 Å². The van der Waals surface area contributed by atoms with E-state index in [1.54, 1.807) is 0 Å². The number of likely N-dealkylation sites (tertiary alicyclic amines) is 1. The minimum atomic E-state index is -4.37. The lowest BCUT2D eigenvalue weighted by Gasteiger charge is -2.17. The first kappa shape index (κ1) is 19.1. The third-order valence-corrected chi connectivity index (χ3v) is 4.40. The van der Waals surface area contributed by atoms with Crippen molar-refractivity contribution in [1.29, 1.82) is 0 Å². The average molecular weight is 355 g/mol. The Balaban J connectivity index is 0.00000242. The summed E-state index contributed by atoms with van der Waals surface area (Å²) in [5.74, 6) is -0.861. The van der Waals surface area contributed by atoms with Crippen molar-refractivity contribution in [3.8, 4) is 0 Å². The first-order valence-electron chi connectivity index (χ1n) is 6.64. The Morgan fingerprint density at radius 3 is 2.45 bits per heavy atom. The Hall–Kier alpha value is -0.920. The fourth-order valence-electron chi connectivity index (χ4n) is 2.63. The molecule has 0 saturated carbocycles. The van der Waals surface area contributed by atoms with Crippen LogP contribution in [0.3, 0.4) is 0 Å². The van der Waals surface area contributed by atoms with E-state index >= 15 is 0 Å². The molecule has 0 aromatic heterocycles. The minimum absolute atomic E-state index is 0. The summed E-state index contributed by atoms with van der Waals surface area (Å²) >= 11 is -0.288. The Kier molecular flexibility index (Phi) is 7.02. The van der Waals surface area contributed by atoms with Crippen LogP contribution in [0.1, 0.15) is 11.5 Å². The summed E-state index contributed by atoms with van der Waals surface area (Å²) < 4.78 is 36.5. The summed E-state index contributed by atoms with van der Waals surface area (Å²) in [7, 11) is 0. The van der Waals surface area contributed by atoms with Gasteiger partial charge in [0.05, 0.1) is 5.75 Å². The van der Waals surface area contributed by atoms with E-state index in [9.17, 15) is 18.0 Å². The molecule has 1 saturated heterocycles. The van der Waals surface area contributed by atoms with Crippen LogP contribution in [-0.4, -0.2) is 41.7 Å². The van der Waals surface area contributed by atoms with Gasteiger partial charge in [0, 0.05) is 19.0 Å². The Labute approximate surface area is 137 Å². The van der Waals surface area contributed by atoms with Crippen LogP contribution in [0, 0.1) is 5.92 Å². The van der Waals surface area contributed by atoms with Crippen molar-refractivity contribution in [2.24, 2.45) is 11.7 Å². The molecule has 1 heterocycles. The summed E-state index contributed by atoms with van der Waals surface area (Å²) in [4.78, 5) is 13.4. The van der Waals surface area contributed by atoms with Crippen molar-refractivity contribution in [3.63, 3.8) is 0 Å². The quantitative estimate of drug-likeness (QED) is 0.904. The van der Waals surface area contributed by atoms with Crippen LogP contribution in [0.4, 0.5) is 13.2 Å². The van der Waals surface area contributed by atoms with Gasteiger partial charge in [-0.2, -0.15) is 13.2 Å². The Bertz CT molecular complexity index is 487. The summed E-state index contributed by atoms with van der Waals surface area (Å²) in [6.45, 7) is 1.27. The molecule has 1 aromatic rings. The predicted octanol–water partition coefficient (Wildman–Crippen LogP) is 2.86. The van der Waals surface area contributed by atoms with E-state index in [1.165, 1.54) is 4.90 Å². The highest BCUT2D eigenvalue weighted by Gasteiger charge is 2.37. The fourth-order valence-corrected chi connectivity index (χ4v) is 3.10. The number of carbonyl (C=O) groups excluding carboxylic acids is 1. The fraction of sp³-hybridized carbons (Fsp3) is 0.500. The molecule has 0 radical (unpaired) electrons. The van der Waals surface area contributed by atoms with E-state index in [-0.39, 0.29) is 36.0 Å². The van der Waals surface area contributed by atoms with E-state index in [1.807, 2.05) is 30.3 Å². The Morgan fingerprint density at radius 1 is 1.27 bits per heavy atom. The largest absolute Gasteiger partial charge is 0.442 e. The molecule has 0 unspecified atom stereocenters. The topological polar surface area (TPSA) is 46.3 Å². The number of alkyl halides is 3. The minimum Gasteiger partial charge on any atom is -0.341 e. The molecule has 0 aliphatic carbocycles. The number of nitrogens with zero attached hydrogens (tertiary/aromatic N) is 1. The van der Waals surface area contributed by atoms with Gasteiger partial charge in [0.1, 0.15) is 0 Å². The van der Waals surface area contributed by atoms with E-state index in [4.69, 9.17) is 5.73 Å². The molecule has 2 rings (SSSR count).